The molecule has 1 aliphatic rings. The van der Waals surface area contributed by atoms with Crippen LogP contribution in [0, 0.1) is 11.3 Å². The summed E-state index contributed by atoms with van der Waals surface area (Å²) in [4.78, 5) is 16.9. The maximum absolute atomic E-state index is 13.0. The van der Waals surface area contributed by atoms with Gasteiger partial charge in [-0.2, -0.15) is 5.26 Å². The monoisotopic (exact) mass is 442 g/mol. The summed E-state index contributed by atoms with van der Waals surface area (Å²) in [7, 11) is 0. The predicted octanol–water partition coefficient (Wildman–Crippen LogP) is 3.41. The molecule has 2 aromatic carbocycles. The van der Waals surface area contributed by atoms with Crippen molar-refractivity contribution in [3.05, 3.63) is 52.5 Å². The number of rotatable bonds is 4. The highest BCUT2D eigenvalue weighted by molar-refractivity contribution is 9.10. The van der Waals surface area contributed by atoms with E-state index in [0.29, 0.717) is 43.2 Å². The van der Waals surface area contributed by atoms with E-state index in [1.807, 2.05) is 35.2 Å². The molecule has 0 aromatic heterocycles. The molecule has 1 amide bonds. The number of nitrogen functional groups attached to an aromatic ring is 1. The van der Waals surface area contributed by atoms with Crippen molar-refractivity contribution in [3.63, 3.8) is 0 Å². The Morgan fingerprint density at radius 3 is 2.39 bits per heavy atom. The Hall–Kier alpha value is -2.72. The molecular weight excluding hydrogens is 420 g/mol. The van der Waals surface area contributed by atoms with Crippen molar-refractivity contribution in [2.45, 2.75) is 19.4 Å². The fraction of sp³-hybridized carbons (Fsp3) is 0.333. The maximum Gasteiger partial charge on any atom is 0.266 e. The fourth-order valence-electron chi connectivity index (χ4n) is 3.29. The molecule has 1 fully saturated rings. The molecule has 6 nitrogen and oxygen atoms in total. The Bertz CT molecular complexity index is 898. The van der Waals surface area contributed by atoms with Gasteiger partial charge in [-0.25, -0.2) is 0 Å². The van der Waals surface area contributed by atoms with Gasteiger partial charge in [0.2, 0.25) is 0 Å². The van der Waals surface area contributed by atoms with E-state index in [1.54, 1.807) is 26.0 Å². The van der Waals surface area contributed by atoms with Crippen LogP contribution in [0.25, 0.3) is 0 Å². The first-order chi connectivity index (χ1) is 13.3. The average molecular weight is 443 g/mol. The third-order valence-electron chi connectivity index (χ3n) is 4.75. The van der Waals surface area contributed by atoms with Crippen LogP contribution in [0.4, 0.5) is 11.4 Å². The smallest absolute Gasteiger partial charge is 0.266 e. The molecule has 146 valence electrons. The van der Waals surface area contributed by atoms with Gasteiger partial charge in [-0.1, -0.05) is 15.9 Å². The topological polar surface area (TPSA) is 82.6 Å². The van der Waals surface area contributed by atoms with Gasteiger partial charge in [-0.15, -0.1) is 0 Å². The number of amides is 1. The Balaban J connectivity index is 1.64. The average Bonchev–Trinajstić information content (AvgIpc) is 2.69. The van der Waals surface area contributed by atoms with Gasteiger partial charge < -0.3 is 20.3 Å². The van der Waals surface area contributed by atoms with E-state index < -0.39 is 5.60 Å². The summed E-state index contributed by atoms with van der Waals surface area (Å²) < 4.78 is 6.91. The van der Waals surface area contributed by atoms with Gasteiger partial charge in [0.1, 0.15) is 11.8 Å². The zero-order valence-electron chi connectivity index (χ0n) is 16.0. The van der Waals surface area contributed by atoms with Crippen molar-refractivity contribution in [2.24, 2.45) is 0 Å². The van der Waals surface area contributed by atoms with Crippen LogP contribution in [0.15, 0.2) is 46.9 Å². The number of halogens is 1. The molecule has 0 aliphatic carbocycles. The van der Waals surface area contributed by atoms with E-state index in [1.165, 1.54) is 0 Å². The van der Waals surface area contributed by atoms with Crippen LogP contribution in [-0.4, -0.2) is 42.6 Å². The molecule has 1 aliphatic heterocycles. The molecule has 1 heterocycles. The van der Waals surface area contributed by atoms with Crippen LogP contribution in [0.2, 0.25) is 0 Å². The van der Waals surface area contributed by atoms with Crippen LogP contribution in [0.1, 0.15) is 19.4 Å². The summed E-state index contributed by atoms with van der Waals surface area (Å²) >= 11 is 3.39. The Morgan fingerprint density at radius 2 is 1.79 bits per heavy atom. The first-order valence-electron chi connectivity index (χ1n) is 9.09. The number of benzene rings is 2. The van der Waals surface area contributed by atoms with Gasteiger partial charge in [0.25, 0.3) is 5.91 Å². The number of ether oxygens (including phenoxy) is 1. The van der Waals surface area contributed by atoms with E-state index in [2.05, 4.69) is 26.9 Å². The lowest BCUT2D eigenvalue weighted by Crippen LogP contribution is -2.55. The number of hydrogen-bond donors (Lipinski definition) is 1. The van der Waals surface area contributed by atoms with Gasteiger partial charge in [0, 0.05) is 36.3 Å². The molecule has 28 heavy (non-hydrogen) atoms. The molecule has 7 heteroatoms. The minimum Gasteiger partial charge on any atom is -0.478 e. The zero-order chi connectivity index (χ0) is 20.3. The number of nitrogens with zero attached hydrogens (tertiary/aromatic N) is 3. The highest BCUT2D eigenvalue weighted by atomic mass is 79.9. The van der Waals surface area contributed by atoms with Crippen molar-refractivity contribution in [1.29, 1.82) is 5.26 Å². The molecule has 0 saturated carbocycles. The number of piperazine rings is 1. The van der Waals surface area contributed by atoms with Gasteiger partial charge in [0.05, 0.1) is 11.3 Å². The van der Waals surface area contributed by atoms with Crippen molar-refractivity contribution >= 4 is 33.2 Å². The zero-order valence-corrected chi connectivity index (χ0v) is 17.6. The Morgan fingerprint density at radius 1 is 1.14 bits per heavy atom. The molecule has 0 radical (unpaired) electrons. The van der Waals surface area contributed by atoms with E-state index in [0.717, 1.165) is 10.2 Å². The van der Waals surface area contributed by atoms with E-state index in [4.69, 9.17) is 10.5 Å². The minimum atomic E-state index is -0.963. The second-order valence-corrected chi connectivity index (χ2v) is 8.15. The van der Waals surface area contributed by atoms with Crippen molar-refractivity contribution in [2.75, 3.05) is 36.8 Å². The summed E-state index contributed by atoms with van der Waals surface area (Å²) in [5, 5.41) is 9.36. The van der Waals surface area contributed by atoms with Crippen molar-refractivity contribution in [3.8, 4) is 11.8 Å². The van der Waals surface area contributed by atoms with Crippen molar-refractivity contribution in [1.82, 2.24) is 4.90 Å². The second-order valence-electron chi connectivity index (χ2n) is 7.23. The molecule has 2 N–H and O–H groups in total. The Labute approximate surface area is 173 Å². The third-order valence-corrected chi connectivity index (χ3v) is 5.28. The summed E-state index contributed by atoms with van der Waals surface area (Å²) in [6, 6.07) is 15.0. The van der Waals surface area contributed by atoms with Gasteiger partial charge in [-0.3, -0.25) is 4.79 Å². The standard InChI is InChI=1S/C21H23BrN4O2/c1-21(2,28-18-6-3-16(22)4-7-18)20(27)26-11-9-25(10-12-26)19-8-5-17(24)13-15(19)14-23/h3-8,13H,9-12,24H2,1-2H3. The van der Waals surface area contributed by atoms with Gasteiger partial charge in [-0.05, 0) is 56.3 Å². The number of hydrogen-bond acceptors (Lipinski definition) is 5. The van der Waals surface area contributed by atoms with Crippen LogP contribution < -0.4 is 15.4 Å². The molecule has 3 rings (SSSR count). The molecule has 0 spiro atoms. The summed E-state index contributed by atoms with van der Waals surface area (Å²) in [5.41, 5.74) is 6.79. The summed E-state index contributed by atoms with van der Waals surface area (Å²) in [5.74, 6) is 0.605. The summed E-state index contributed by atoms with van der Waals surface area (Å²) in [6.07, 6.45) is 0. The quantitative estimate of drug-likeness (QED) is 0.733. The first kappa shape index (κ1) is 20.0. The first-order valence-corrected chi connectivity index (χ1v) is 9.88. The number of nitriles is 1. The lowest BCUT2D eigenvalue weighted by Gasteiger charge is -2.39. The van der Waals surface area contributed by atoms with Gasteiger partial charge >= 0.3 is 0 Å². The SMILES string of the molecule is CC(C)(Oc1ccc(Br)cc1)C(=O)N1CCN(c2ccc(N)cc2C#N)CC1. The fourth-order valence-corrected chi connectivity index (χ4v) is 3.56. The number of carbonyl (C=O) groups excluding carboxylic acids is 1. The van der Waals surface area contributed by atoms with Crippen LogP contribution in [0.5, 0.6) is 5.75 Å². The van der Waals surface area contributed by atoms with Crippen LogP contribution >= 0.6 is 15.9 Å². The minimum absolute atomic E-state index is 0.0483. The maximum atomic E-state index is 13.0. The predicted molar refractivity (Wildman–Crippen MR) is 113 cm³/mol. The number of carbonyl (C=O) groups is 1. The van der Waals surface area contributed by atoms with Crippen LogP contribution in [-0.2, 0) is 4.79 Å². The molecule has 0 bridgehead atoms. The van der Waals surface area contributed by atoms with Crippen molar-refractivity contribution < 1.29 is 9.53 Å². The van der Waals surface area contributed by atoms with E-state index in [9.17, 15) is 10.1 Å². The molecule has 0 unspecified atom stereocenters. The Kier molecular flexibility index (Phi) is 5.80. The lowest BCUT2D eigenvalue weighted by molar-refractivity contribution is -0.145. The third kappa shape index (κ3) is 4.39. The highest BCUT2D eigenvalue weighted by Gasteiger charge is 2.36. The normalized spacial score (nSPS) is 14.5. The van der Waals surface area contributed by atoms with Crippen LogP contribution in [0.3, 0.4) is 0 Å². The number of anilines is 2. The molecular formula is C21H23BrN4O2. The highest BCUT2D eigenvalue weighted by Crippen LogP contribution is 2.26. The lowest BCUT2D eigenvalue weighted by atomic mass is 10.1. The largest absolute Gasteiger partial charge is 0.478 e. The van der Waals surface area contributed by atoms with Gasteiger partial charge in [0.15, 0.2) is 5.60 Å². The summed E-state index contributed by atoms with van der Waals surface area (Å²) in [6.45, 7) is 6.02. The van der Waals surface area contributed by atoms with E-state index >= 15 is 0 Å². The molecule has 0 atom stereocenters. The number of nitrogens with two attached hydrogens (primary N) is 1. The molecule has 1 saturated heterocycles. The molecule has 2 aromatic rings. The second kappa shape index (κ2) is 8.11. The van der Waals surface area contributed by atoms with E-state index in [-0.39, 0.29) is 5.91 Å².